The first kappa shape index (κ1) is 15.9. The minimum Gasteiger partial charge on any atom is -0.442 e. The van der Waals surface area contributed by atoms with E-state index >= 15 is 0 Å². The zero-order valence-electron chi connectivity index (χ0n) is 12.1. The molecule has 0 bridgehead atoms. The highest BCUT2D eigenvalue weighted by Crippen LogP contribution is 2.18. The van der Waals surface area contributed by atoms with Gasteiger partial charge in [-0.3, -0.25) is 4.18 Å². The molecule has 0 saturated carbocycles. The predicted octanol–water partition coefficient (Wildman–Crippen LogP) is 2.56. The van der Waals surface area contributed by atoms with Crippen molar-refractivity contribution in [3.63, 3.8) is 0 Å². The summed E-state index contributed by atoms with van der Waals surface area (Å²) in [6.45, 7) is 8.13. The fourth-order valence-electron chi connectivity index (χ4n) is 1.36. The maximum atomic E-state index is 10.8. The average Bonchev–Trinajstić information content (AvgIpc) is 2.54. The first-order valence-electron chi connectivity index (χ1n) is 6.07. The van der Waals surface area contributed by atoms with Crippen LogP contribution in [0.2, 0.25) is 0 Å². The lowest BCUT2D eigenvalue weighted by molar-refractivity contribution is 0.324. The van der Waals surface area contributed by atoms with Gasteiger partial charge in [-0.25, -0.2) is 4.98 Å². The molecule has 0 radical (unpaired) electrons. The van der Waals surface area contributed by atoms with E-state index in [1.54, 1.807) is 6.92 Å². The molecule has 0 N–H and O–H groups in total. The smallest absolute Gasteiger partial charge is 0.264 e. The maximum Gasteiger partial charge on any atom is 0.264 e. The van der Waals surface area contributed by atoms with Crippen LogP contribution in [0.1, 0.15) is 38.1 Å². The van der Waals surface area contributed by atoms with Crippen LogP contribution >= 0.6 is 0 Å². The van der Waals surface area contributed by atoms with Crippen molar-refractivity contribution in [2.45, 2.75) is 34.1 Å². The van der Waals surface area contributed by atoms with Crippen LogP contribution in [0.25, 0.3) is 6.08 Å². The molecule has 0 spiro atoms. The molecule has 0 aromatic carbocycles. The lowest BCUT2D eigenvalue weighted by atomic mass is 9.96. The zero-order valence-corrected chi connectivity index (χ0v) is 12.9. The van der Waals surface area contributed by atoms with E-state index in [1.807, 2.05) is 12.2 Å². The van der Waals surface area contributed by atoms with Crippen LogP contribution in [0.4, 0.5) is 0 Å². The Labute approximate surface area is 114 Å². The summed E-state index contributed by atoms with van der Waals surface area (Å²) in [7, 11) is -3.40. The summed E-state index contributed by atoms with van der Waals surface area (Å²) in [5, 5.41) is 0. The second kappa shape index (κ2) is 5.88. The normalized spacial score (nSPS) is 13.3. The third kappa shape index (κ3) is 6.54. The van der Waals surface area contributed by atoms with Gasteiger partial charge in [0.25, 0.3) is 10.1 Å². The Hall–Kier alpha value is -1.14. The van der Waals surface area contributed by atoms with Gasteiger partial charge in [0.2, 0.25) is 5.89 Å². The molecule has 0 amide bonds. The van der Waals surface area contributed by atoms with E-state index in [0.717, 1.165) is 11.9 Å². The fourth-order valence-corrected chi connectivity index (χ4v) is 1.75. The van der Waals surface area contributed by atoms with Crippen molar-refractivity contribution >= 4 is 16.2 Å². The molecule has 0 aliphatic heterocycles. The van der Waals surface area contributed by atoms with E-state index in [9.17, 15) is 8.42 Å². The number of nitrogens with zero attached hydrogens (tertiary/aromatic N) is 1. The van der Waals surface area contributed by atoms with Crippen LogP contribution in [0, 0.1) is 12.3 Å². The van der Waals surface area contributed by atoms with E-state index in [-0.39, 0.29) is 12.0 Å². The molecule has 5 nitrogen and oxygen atoms in total. The molecule has 0 saturated heterocycles. The van der Waals surface area contributed by atoms with E-state index in [1.165, 1.54) is 0 Å². The van der Waals surface area contributed by atoms with Gasteiger partial charge >= 0.3 is 0 Å². The standard InChI is InChI=1S/C13H21NO4S/c1-10-11(7-9-17-19(5,15)16)14-12(18-10)6-8-13(2,3)4/h6,8H,7,9H2,1-5H3/b8-6+. The maximum absolute atomic E-state index is 10.8. The third-order valence-corrected chi connectivity index (χ3v) is 2.87. The molecule has 1 rings (SSSR count). The Morgan fingerprint density at radius 3 is 2.53 bits per heavy atom. The highest BCUT2D eigenvalue weighted by Gasteiger charge is 2.10. The number of hydrogen-bond donors (Lipinski definition) is 0. The van der Waals surface area contributed by atoms with Crippen LogP contribution in [-0.2, 0) is 20.7 Å². The molecule has 6 heteroatoms. The number of rotatable bonds is 5. The number of oxazole rings is 1. The lowest BCUT2D eigenvalue weighted by Crippen LogP contribution is -2.06. The number of allylic oxidation sites excluding steroid dienone is 1. The molecule has 0 aliphatic carbocycles. The number of hydrogen-bond acceptors (Lipinski definition) is 5. The highest BCUT2D eigenvalue weighted by atomic mass is 32.2. The summed E-state index contributed by atoms with van der Waals surface area (Å²) < 4.78 is 31.9. The molecule has 0 atom stereocenters. The van der Waals surface area contributed by atoms with Crippen LogP contribution in [0.5, 0.6) is 0 Å². The molecule has 1 aromatic rings. The zero-order chi connectivity index (χ0) is 14.7. The Morgan fingerprint density at radius 2 is 2.00 bits per heavy atom. The predicted molar refractivity (Wildman–Crippen MR) is 74.2 cm³/mol. The Balaban J connectivity index is 2.67. The van der Waals surface area contributed by atoms with Gasteiger partial charge in [-0.15, -0.1) is 0 Å². The lowest BCUT2D eigenvalue weighted by Gasteiger charge is -2.09. The van der Waals surface area contributed by atoms with Crippen molar-refractivity contribution in [3.05, 3.63) is 23.4 Å². The van der Waals surface area contributed by atoms with Gasteiger partial charge in [-0.05, 0) is 18.4 Å². The van der Waals surface area contributed by atoms with Crippen LogP contribution in [0.15, 0.2) is 10.5 Å². The topological polar surface area (TPSA) is 69.4 Å². The largest absolute Gasteiger partial charge is 0.442 e. The summed E-state index contributed by atoms with van der Waals surface area (Å²) in [5.74, 6) is 1.22. The van der Waals surface area contributed by atoms with Crippen molar-refractivity contribution in [2.24, 2.45) is 5.41 Å². The molecule has 1 heterocycles. The van der Waals surface area contributed by atoms with Crippen LogP contribution in [0.3, 0.4) is 0 Å². The second-order valence-corrected chi connectivity index (χ2v) is 7.17. The molecular formula is C13H21NO4S. The van der Waals surface area contributed by atoms with Gasteiger partial charge in [0.15, 0.2) is 0 Å². The summed E-state index contributed by atoms with van der Waals surface area (Å²) in [5.41, 5.74) is 0.777. The van der Waals surface area contributed by atoms with Crippen molar-refractivity contribution in [1.82, 2.24) is 4.98 Å². The minimum atomic E-state index is -3.40. The van der Waals surface area contributed by atoms with E-state index < -0.39 is 10.1 Å². The van der Waals surface area contributed by atoms with Gasteiger partial charge in [-0.2, -0.15) is 8.42 Å². The van der Waals surface area contributed by atoms with E-state index in [2.05, 4.69) is 29.9 Å². The van der Waals surface area contributed by atoms with Gasteiger partial charge in [0.1, 0.15) is 5.76 Å². The second-order valence-electron chi connectivity index (χ2n) is 5.53. The molecular weight excluding hydrogens is 266 g/mol. The number of aryl methyl sites for hydroxylation is 1. The quantitative estimate of drug-likeness (QED) is 0.778. The van der Waals surface area contributed by atoms with E-state index in [4.69, 9.17) is 4.42 Å². The van der Waals surface area contributed by atoms with Crippen molar-refractivity contribution < 1.29 is 17.0 Å². The van der Waals surface area contributed by atoms with Gasteiger partial charge < -0.3 is 4.42 Å². The highest BCUT2D eigenvalue weighted by molar-refractivity contribution is 7.85. The molecule has 1 aromatic heterocycles. The molecule has 0 unspecified atom stereocenters. The Morgan fingerprint density at radius 1 is 1.37 bits per heavy atom. The van der Waals surface area contributed by atoms with Gasteiger partial charge in [-0.1, -0.05) is 26.8 Å². The molecule has 0 aliphatic rings. The number of aromatic nitrogens is 1. The first-order valence-corrected chi connectivity index (χ1v) is 7.88. The minimum absolute atomic E-state index is 0.0575. The van der Waals surface area contributed by atoms with Crippen molar-refractivity contribution in [3.8, 4) is 0 Å². The fraction of sp³-hybridized carbons (Fsp3) is 0.615. The third-order valence-electron chi connectivity index (χ3n) is 2.27. The van der Waals surface area contributed by atoms with Gasteiger partial charge in [0, 0.05) is 6.42 Å². The SMILES string of the molecule is Cc1oc(/C=C/C(C)(C)C)nc1CCOS(C)(=O)=O. The van der Waals surface area contributed by atoms with Crippen molar-refractivity contribution in [2.75, 3.05) is 12.9 Å². The Bertz CT molecular complexity index is 550. The summed E-state index contributed by atoms with van der Waals surface area (Å²) >= 11 is 0. The average molecular weight is 287 g/mol. The van der Waals surface area contributed by atoms with Gasteiger partial charge in [0.05, 0.1) is 18.6 Å². The monoisotopic (exact) mass is 287 g/mol. The van der Waals surface area contributed by atoms with E-state index in [0.29, 0.717) is 18.1 Å². The van der Waals surface area contributed by atoms with Crippen molar-refractivity contribution in [1.29, 1.82) is 0 Å². The Kier molecular flexibility index (Phi) is 4.92. The summed E-state index contributed by atoms with van der Waals surface area (Å²) in [6.07, 6.45) is 5.27. The first-order chi connectivity index (χ1) is 8.57. The van der Waals surface area contributed by atoms with Crippen LogP contribution in [-0.4, -0.2) is 26.3 Å². The molecule has 108 valence electrons. The summed E-state index contributed by atoms with van der Waals surface area (Å²) in [4.78, 5) is 4.30. The summed E-state index contributed by atoms with van der Waals surface area (Å²) in [6, 6.07) is 0. The molecule has 19 heavy (non-hydrogen) atoms. The molecule has 0 fully saturated rings. The van der Waals surface area contributed by atoms with Crippen LogP contribution < -0.4 is 0 Å².